The molecular weight excluding hydrogens is 468 g/mol. The molecule has 7 atom stereocenters. The predicted octanol–water partition coefficient (Wildman–Crippen LogP) is -0.244. The summed E-state index contributed by atoms with van der Waals surface area (Å²) in [5.74, 6) is -7.14. The highest BCUT2D eigenvalue weighted by atomic mass is 16.6. The van der Waals surface area contributed by atoms with Gasteiger partial charge in [0.15, 0.2) is 0 Å². The lowest BCUT2D eigenvalue weighted by molar-refractivity contribution is -0.176. The first kappa shape index (κ1) is 26.9. The molecular formula is C23H32O12. The highest BCUT2D eigenvalue weighted by Crippen LogP contribution is 2.41. The van der Waals surface area contributed by atoms with E-state index in [0.717, 1.165) is 0 Å². The second-order valence-electron chi connectivity index (χ2n) is 8.75. The van der Waals surface area contributed by atoms with E-state index in [4.69, 9.17) is 33.2 Å². The SMILES string of the molecule is C=COCCOC(=O)C1CC(C(=O)OCC2CO2)C(C(=O)OCC2CO2)CC1C(=O)OCC(C)O. The van der Waals surface area contributed by atoms with Gasteiger partial charge >= 0.3 is 23.9 Å². The monoisotopic (exact) mass is 500 g/mol. The number of ether oxygens (including phenoxy) is 7. The number of epoxide rings is 2. The molecule has 0 aromatic carbocycles. The Labute approximate surface area is 202 Å². The normalized spacial score (nSPS) is 29.8. The van der Waals surface area contributed by atoms with Gasteiger partial charge in [-0.05, 0) is 19.8 Å². The highest BCUT2D eigenvalue weighted by molar-refractivity contribution is 5.87. The van der Waals surface area contributed by atoms with E-state index in [2.05, 4.69) is 6.58 Å². The van der Waals surface area contributed by atoms with Gasteiger partial charge in [-0.1, -0.05) is 6.58 Å². The highest BCUT2D eigenvalue weighted by Gasteiger charge is 2.51. The number of aliphatic hydroxyl groups is 1. The Morgan fingerprint density at radius 1 is 0.829 bits per heavy atom. The van der Waals surface area contributed by atoms with Crippen LogP contribution in [0.5, 0.6) is 0 Å². The molecule has 0 amide bonds. The van der Waals surface area contributed by atoms with Crippen molar-refractivity contribution in [1.29, 1.82) is 0 Å². The van der Waals surface area contributed by atoms with Crippen LogP contribution in [0.25, 0.3) is 0 Å². The van der Waals surface area contributed by atoms with Crippen LogP contribution in [0.1, 0.15) is 19.8 Å². The molecule has 0 aromatic rings. The van der Waals surface area contributed by atoms with Gasteiger partial charge in [-0.15, -0.1) is 0 Å². The van der Waals surface area contributed by atoms with Crippen molar-refractivity contribution in [2.75, 3.05) is 46.2 Å². The van der Waals surface area contributed by atoms with Gasteiger partial charge in [0.2, 0.25) is 0 Å². The number of hydrogen-bond acceptors (Lipinski definition) is 12. The van der Waals surface area contributed by atoms with Gasteiger partial charge in [0.25, 0.3) is 0 Å². The molecule has 3 fully saturated rings. The van der Waals surface area contributed by atoms with Crippen molar-refractivity contribution in [3.63, 3.8) is 0 Å². The van der Waals surface area contributed by atoms with Crippen molar-refractivity contribution < 1.29 is 57.4 Å². The van der Waals surface area contributed by atoms with Gasteiger partial charge in [-0.2, -0.15) is 0 Å². The summed E-state index contributed by atoms with van der Waals surface area (Å²) in [4.78, 5) is 51.6. The van der Waals surface area contributed by atoms with Gasteiger partial charge in [-0.3, -0.25) is 19.2 Å². The van der Waals surface area contributed by atoms with E-state index < -0.39 is 53.7 Å². The van der Waals surface area contributed by atoms with Crippen LogP contribution in [0.2, 0.25) is 0 Å². The number of aliphatic hydroxyl groups excluding tert-OH is 1. The second-order valence-corrected chi connectivity index (χ2v) is 8.75. The molecule has 2 heterocycles. The molecule has 3 aliphatic rings. The van der Waals surface area contributed by atoms with Crippen LogP contribution in [0.15, 0.2) is 12.8 Å². The van der Waals surface area contributed by atoms with E-state index in [0.29, 0.717) is 13.2 Å². The number of rotatable bonds is 14. The van der Waals surface area contributed by atoms with Crippen LogP contribution in [0.3, 0.4) is 0 Å². The molecule has 2 aliphatic heterocycles. The zero-order chi connectivity index (χ0) is 25.4. The minimum Gasteiger partial charge on any atom is -0.498 e. The van der Waals surface area contributed by atoms with Gasteiger partial charge in [0.05, 0.1) is 49.3 Å². The van der Waals surface area contributed by atoms with Crippen LogP contribution in [-0.2, 0) is 52.3 Å². The maximum absolute atomic E-state index is 12.9. The Morgan fingerprint density at radius 2 is 1.26 bits per heavy atom. The Kier molecular flexibility index (Phi) is 9.87. The van der Waals surface area contributed by atoms with Crippen LogP contribution < -0.4 is 0 Å². The number of hydrogen-bond donors (Lipinski definition) is 1. The van der Waals surface area contributed by atoms with E-state index >= 15 is 0 Å². The minimum atomic E-state index is -1.09. The second kappa shape index (κ2) is 12.8. The quantitative estimate of drug-likeness (QED) is 0.110. The van der Waals surface area contributed by atoms with Crippen molar-refractivity contribution in [3.8, 4) is 0 Å². The van der Waals surface area contributed by atoms with Crippen molar-refractivity contribution in [2.24, 2.45) is 23.7 Å². The topological polar surface area (TPSA) is 160 Å². The number of esters is 4. The Bertz CT molecular complexity index is 772. The van der Waals surface area contributed by atoms with Crippen molar-refractivity contribution in [3.05, 3.63) is 12.8 Å². The summed E-state index contributed by atoms with van der Waals surface area (Å²) in [6.07, 6.45) is -0.467. The molecule has 12 nitrogen and oxygen atoms in total. The molecule has 7 unspecified atom stereocenters. The third kappa shape index (κ3) is 8.48. The maximum atomic E-state index is 12.9. The Morgan fingerprint density at radius 3 is 1.66 bits per heavy atom. The fourth-order valence-electron chi connectivity index (χ4n) is 3.83. The molecule has 35 heavy (non-hydrogen) atoms. The zero-order valence-electron chi connectivity index (χ0n) is 19.6. The summed E-state index contributed by atoms with van der Waals surface area (Å²) in [5.41, 5.74) is 0. The van der Waals surface area contributed by atoms with E-state index in [1.54, 1.807) is 0 Å². The maximum Gasteiger partial charge on any atom is 0.309 e. The van der Waals surface area contributed by atoms with Gasteiger partial charge in [0.1, 0.15) is 45.2 Å². The van der Waals surface area contributed by atoms with E-state index in [1.165, 1.54) is 13.2 Å². The first-order valence-electron chi connectivity index (χ1n) is 11.6. The molecule has 2 saturated heterocycles. The summed E-state index contributed by atoms with van der Waals surface area (Å²) in [5, 5.41) is 9.49. The molecule has 3 rings (SSSR count). The summed E-state index contributed by atoms with van der Waals surface area (Å²) in [6, 6.07) is 0. The van der Waals surface area contributed by atoms with E-state index in [9.17, 15) is 24.3 Å². The molecule has 0 spiro atoms. The Balaban J connectivity index is 1.75. The molecule has 0 radical (unpaired) electrons. The standard InChI is InChI=1S/C23H32O12/c1-3-29-4-5-30-20(25)16-6-18(22(27)34-11-14-9-31-14)19(23(28)35-12-15-10-32-15)7-17(16)21(26)33-8-13(2)24/h3,13-19,24H,1,4-12H2,2H3. The molecule has 196 valence electrons. The molecule has 1 aliphatic carbocycles. The van der Waals surface area contributed by atoms with Crippen LogP contribution in [0, 0.1) is 23.7 Å². The summed E-state index contributed by atoms with van der Waals surface area (Å²) >= 11 is 0. The minimum absolute atomic E-state index is 0.0267. The van der Waals surface area contributed by atoms with E-state index in [1.807, 2.05) is 0 Å². The van der Waals surface area contributed by atoms with Crippen molar-refractivity contribution in [2.45, 2.75) is 38.1 Å². The predicted molar refractivity (Wildman–Crippen MR) is 114 cm³/mol. The summed E-state index contributed by atoms with van der Waals surface area (Å²) in [7, 11) is 0. The van der Waals surface area contributed by atoms with Crippen LogP contribution >= 0.6 is 0 Å². The molecule has 0 bridgehead atoms. The van der Waals surface area contributed by atoms with Crippen molar-refractivity contribution in [1.82, 2.24) is 0 Å². The van der Waals surface area contributed by atoms with Crippen LogP contribution in [0.4, 0.5) is 0 Å². The fourth-order valence-corrected chi connectivity index (χ4v) is 3.83. The smallest absolute Gasteiger partial charge is 0.309 e. The lowest BCUT2D eigenvalue weighted by Crippen LogP contribution is -2.47. The largest absolute Gasteiger partial charge is 0.498 e. The van der Waals surface area contributed by atoms with Crippen molar-refractivity contribution >= 4 is 23.9 Å². The third-order valence-corrected chi connectivity index (χ3v) is 5.86. The lowest BCUT2D eigenvalue weighted by atomic mass is 9.68. The molecule has 0 aromatic heterocycles. The molecule has 1 saturated carbocycles. The van der Waals surface area contributed by atoms with Gasteiger partial charge in [0, 0.05) is 0 Å². The zero-order valence-corrected chi connectivity index (χ0v) is 19.6. The van der Waals surface area contributed by atoms with E-state index in [-0.39, 0.29) is 58.1 Å². The average Bonchev–Trinajstić information content (AvgIpc) is 3.76. The molecule has 1 N–H and O–H groups in total. The van der Waals surface area contributed by atoms with Crippen LogP contribution in [-0.4, -0.2) is 93.5 Å². The van der Waals surface area contributed by atoms with Gasteiger partial charge in [-0.25, -0.2) is 0 Å². The summed E-state index contributed by atoms with van der Waals surface area (Å²) < 4.78 is 36.0. The fraction of sp³-hybridized carbons (Fsp3) is 0.739. The summed E-state index contributed by atoms with van der Waals surface area (Å²) in [6.45, 7) is 5.52. The first-order valence-corrected chi connectivity index (χ1v) is 11.6. The molecule has 12 heteroatoms. The Hall–Kier alpha value is -2.70. The third-order valence-electron chi connectivity index (χ3n) is 5.86. The van der Waals surface area contributed by atoms with Gasteiger partial charge < -0.3 is 38.3 Å². The number of carbonyl (C=O) groups excluding carboxylic acids is 4. The average molecular weight is 500 g/mol. The number of carbonyl (C=O) groups is 4. The lowest BCUT2D eigenvalue weighted by Gasteiger charge is -2.36. The first-order chi connectivity index (χ1) is 16.8.